The highest BCUT2D eigenvalue weighted by Crippen LogP contribution is 2.38. The van der Waals surface area contributed by atoms with Crippen LogP contribution in [0, 0.1) is 13.8 Å². The summed E-state index contributed by atoms with van der Waals surface area (Å²) in [7, 11) is 0. The number of anilines is 1. The van der Waals surface area contributed by atoms with Crippen molar-refractivity contribution in [1.29, 1.82) is 0 Å². The quantitative estimate of drug-likeness (QED) is 0.836. The van der Waals surface area contributed by atoms with E-state index in [1.165, 1.54) is 11.3 Å². The molecule has 0 radical (unpaired) electrons. The minimum atomic E-state index is -0.0836. The molecule has 19 heavy (non-hydrogen) atoms. The molecule has 3 rings (SSSR count). The van der Waals surface area contributed by atoms with E-state index < -0.39 is 0 Å². The number of rotatable bonds is 1. The molecule has 0 spiro atoms. The molecule has 2 aromatic heterocycles. The Kier molecular flexibility index (Phi) is 2.82. The fraction of sp³-hybridized carbons (Fsp3) is 0.385. The number of amides is 1. The highest BCUT2D eigenvalue weighted by atomic mass is 32.1. The van der Waals surface area contributed by atoms with Gasteiger partial charge in [-0.25, -0.2) is 4.98 Å². The molecule has 2 aromatic rings. The lowest BCUT2D eigenvalue weighted by Gasteiger charge is -2.09. The third-order valence-electron chi connectivity index (χ3n) is 3.43. The smallest absolute Gasteiger partial charge is 0.221 e. The molecule has 0 aromatic carbocycles. The van der Waals surface area contributed by atoms with Gasteiger partial charge in [0.2, 0.25) is 5.91 Å². The van der Waals surface area contributed by atoms with Crippen LogP contribution in [0.3, 0.4) is 0 Å². The van der Waals surface area contributed by atoms with Gasteiger partial charge in [-0.1, -0.05) is 0 Å². The van der Waals surface area contributed by atoms with Crippen LogP contribution in [0.5, 0.6) is 0 Å². The molecule has 1 amide bonds. The van der Waals surface area contributed by atoms with Gasteiger partial charge in [0.25, 0.3) is 0 Å². The van der Waals surface area contributed by atoms with Gasteiger partial charge in [-0.15, -0.1) is 11.3 Å². The van der Waals surface area contributed by atoms with Crippen molar-refractivity contribution in [3.63, 3.8) is 0 Å². The third kappa shape index (κ3) is 2.12. The lowest BCUT2D eigenvalue weighted by molar-refractivity contribution is -0.121. The maximum absolute atomic E-state index is 11.8. The first kappa shape index (κ1) is 12.2. The molecule has 100 valence electrons. The van der Waals surface area contributed by atoms with Crippen molar-refractivity contribution in [2.24, 2.45) is 0 Å². The second-order valence-corrected chi connectivity index (χ2v) is 5.85. The van der Waals surface area contributed by atoms with E-state index >= 15 is 0 Å². The van der Waals surface area contributed by atoms with Crippen LogP contribution in [0.1, 0.15) is 40.0 Å². The minimum Gasteiger partial charge on any atom is -0.465 e. The lowest BCUT2D eigenvalue weighted by Crippen LogP contribution is -2.21. The van der Waals surface area contributed by atoms with Gasteiger partial charge in [0.1, 0.15) is 11.5 Å². The Balaban J connectivity index is 2.09. The van der Waals surface area contributed by atoms with Gasteiger partial charge in [0.15, 0.2) is 5.13 Å². The number of nitrogens with zero attached hydrogens (tertiary/aromatic N) is 1. The number of nitrogen functional groups attached to an aromatic ring is 1. The zero-order chi connectivity index (χ0) is 13.6. The second kappa shape index (κ2) is 4.38. The molecule has 0 saturated carbocycles. The maximum Gasteiger partial charge on any atom is 0.221 e. The Labute approximate surface area is 114 Å². The van der Waals surface area contributed by atoms with Gasteiger partial charge < -0.3 is 15.5 Å². The number of hydrogen-bond donors (Lipinski definition) is 2. The van der Waals surface area contributed by atoms with E-state index in [1.54, 1.807) is 0 Å². The van der Waals surface area contributed by atoms with Crippen molar-refractivity contribution in [2.75, 3.05) is 5.73 Å². The summed E-state index contributed by atoms with van der Waals surface area (Å²) in [6.45, 7) is 4.37. The Bertz CT molecular complexity index is 625. The van der Waals surface area contributed by atoms with E-state index in [0.717, 1.165) is 27.7 Å². The number of nitrogens with one attached hydrogen (secondary N) is 1. The number of aryl methyl sites for hydroxylation is 2. The van der Waals surface area contributed by atoms with Crippen molar-refractivity contribution < 1.29 is 9.21 Å². The first-order valence-corrected chi connectivity index (χ1v) is 6.95. The second-order valence-electron chi connectivity index (χ2n) is 4.78. The van der Waals surface area contributed by atoms with Crippen molar-refractivity contribution >= 4 is 22.4 Å². The van der Waals surface area contributed by atoms with Crippen molar-refractivity contribution in [3.8, 4) is 0 Å². The summed E-state index contributed by atoms with van der Waals surface area (Å²) < 4.78 is 5.78. The van der Waals surface area contributed by atoms with Gasteiger partial charge in [0.05, 0.1) is 18.2 Å². The molecule has 6 heteroatoms. The molecule has 1 unspecified atom stereocenters. The van der Waals surface area contributed by atoms with Crippen molar-refractivity contribution in [3.05, 3.63) is 33.7 Å². The molecule has 1 atom stereocenters. The molecule has 3 heterocycles. The molecule has 1 aliphatic rings. The number of furan rings is 1. The largest absolute Gasteiger partial charge is 0.465 e. The van der Waals surface area contributed by atoms with E-state index in [9.17, 15) is 4.79 Å². The van der Waals surface area contributed by atoms with Crippen LogP contribution in [-0.2, 0) is 11.3 Å². The van der Waals surface area contributed by atoms with Gasteiger partial charge in [0, 0.05) is 11.3 Å². The van der Waals surface area contributed by atoms with Gasteiger partial charge >= 0.3 is 0 Å². The molecule has 0 saturated heterocycles. The average Bonchev–Trinajstić information content (AvgIpc) is 2.83. The normalized spacial score (nSPS) is 18.8. The summed E-state index contributed by atoms with van der Waals surface area (Å²) in [4.78, 5) is 17.1. The van der Waals surface area contributed by atoms with Crippen LogP contribution in [0.15, 0.2) is 10.5 Å². The predicted molar refractivity (Wildman–Crippen MR) is 73.0 cm³/mol. The van der Waals surface area contributed by atoms with Crippen LogP contribution in [0.2, 0.25) is 0 Å². The van der Waals surface area contributed by atoms with Crippen molar-refractivity contribution in [1.82, 2.24) is 10.3 Å². The molecule has 3 N–H and O–H groups in total. The fourth-order valence-electron chi connectivity index (χ4n) is 2.32. The standard InChI is InChI=1S/C13H15N3O2S/c1-6-3-10(18-7(6)2)8-4-11(17)15-5-9-12(8)19-13(14)16-9/h3,8H,4-5H2,1-2H3,(H2,14,16)(H,15,17). The summed E-state index contributed by atoms with van der Waals surface area (Å²) in [5.74, 6) is 1.64. The summed E-state index contributed by atoms with van der Waals surface area (Å²) in [5.41, 5.74) is 7.73. The van der Waals surface area contributed by atoms with Crippen LogP contribution in [0.25, 0.3) is 0 Å². The van der Waals surface area contributed by atoms with Gasteiger partial charge in [-0.3, -0.25) is 4.79 Å². The number of thiazole rings is 1. The monoisotopic (exact) mass is 277 g/mol. The number of carbonyl (C=O) groups excluding carboxylic acids is 1. The number of hydrogen-bond acceptors (Lipinski definition) is 5. The number of carbonyl (C=O) groups is 1. The third-order valence-corrected chi connectivity index (χ3v) is 4.47. The number of nitrogens with two attached hydrogens (primary N) is 1. The number of aromatic nitrogens is 1. The summed E-state index contributed by atoms with van der Waals surface area (Å²) >= 11 is 1.44. The zero-order valence-electron chi connectivity index (χ0n) is 10.8. The molecule has 0 bridgehead atoms. The molecule has 0 fully saturated rings. The van der Waals surface area contributed by atoms with Crippen LogP contribution < -0.4 is 11.1 Å². The molecule has 1 aliphatic heterocycles. The number of fused-ring (bicyclic) bond motifs is 1. The SMILES string of the molecule is Cc1cc(C2CC(=O)NCc3nc(N)sc32)oc1C. The zero-order valence-corrected chi connectivity index (χ0v) is 11.6. The lowest BCUT2D eigenvalue weighted by atomic mass is 9.99. The molecule has 0 aliphatic carbocycles. The van der Waals surface area contributed by atoms with E-state index in [1.807, 2.05) is 19.9 Å². The Morgan fingerprint density at radius 2 is 2.32 bits per heavy atom. The summed E-state index contributed by atoms with van der Waals surface area (Å²) in [5, 5.41) is 3.38. The first-order chi connectivity index (χ1) is 9.04. The molecule has 5 nitrogen and oxygen atoms in total. The molecular formula is C13H15N3O2S. The first-order valence-electron chi connectivity index (χ1n) is 6.13. The van der Waals surface area contributed by atoms with Gasteiger partial charge in [-0.2, -0.15) is 0 Å². The van der Waals surface area contributed by atoms with Crippen LogP contribution in [0.4, 0.5) is 5.13 Å². The van der Waals surface area contributed by atoms with Crippen LogP contribution >= 0.6 is 11.3 Å². The fourth-order valence-corrected chi connectivity index (χ4v) is 3.28. The Morgan fingerprint density at radius 1 is 1.53 bits per heavy atom. The predicted octanol–water partition coefficient (Wildman–Crippen LogP) is 2.09. The topological polar surface area (TPSA) is 81.2 Å². The molecular weight excluding hydrogens is 262 g/mol. The van der Waals surface area contributed by atoms with E-state index in [2.05, 4.69) is 10.3 Å². The van der Waals surface area contributed by atoms with Gasteiger partial charge in [-0.05, 0) is 25.5 Å². The van der Waals surface area contributed by atoms with E-state index in [-0.39, 0.29) is 11.8 Å². The maximum atomic E-state index is 11.8. The highest BCUT2D eigenvalue weighted by molar-refractivity contribution is 7.15. The van der Waals surface area contributed by atoms with Crippen LogP contribution in [-0.4, -0.2) is 10.9 Å². The average molecular weight is 277 g/mol. The summed E-state index contributed by atoms with van der Waals surface area (Å²) in [6, 6.07) is 2.00. The van der Waals surface area contributed by atoms with Crippen molar-refractivity contribution in [2.45, 2.75) is 32.7 Å². The summed E-state index contributed by atoms with van der Waals surface area (Å²) in [6.07, 6.45) is 0.376. The minimum absolute atomic E-state index is 0.0143. The van der Waals surface area contributed by atoms with E-state index in [0.29, 0.717) is 18.1 Å². The highest BCUT2D eigenvalue weighted by Gasteiger charge is 2.30. The Morgan fingerprint density at radius 3 is 3.00 bits per heavy atom. The Hall–Kier alpha value is -1.82. The van der Waals surface area contributed by atoms with E-state index in [4.69, 9.17) is 10.2 Å².